The van der Waals surface area contributed by atoms with Crippen molar-refractivity contribution in [1.29, 1.82) is 0 Å². The van der Waals surface area contributed by atoms with Gasteiger partial charge in [-0.05, 0) is 12.5 Å². The van der Waals surface area contributed by atoms with E-state index in [4.69, 9.17) is 14.2 Å². The second kappa shape index (κ2) is 4.75. The standard InChI is InChI=1S/C12H12FNO5/c13-7-1-2-8(14(15)16)10(5-7)19-11-6-18-9-3-4-17-12(9)11/h1-2,5,9,11-12H,3-4,6H2/t9-,11-,12?/m1/s1. The lowest BCUT2D eigenvalue weighted by Gasteiger charge is -2.17. The van der Waals surface area contributed by atoms with Crippen LogP contribution in [0.5, 0.6) is 5.75 Å². The van der Waals surface area contributed by atoms with E-state index in [1.807, 2.05) is 0 Å². The summed E-state index contributed by atoms with van der Waals surface area (Å²) in [7, 11) is 0. The van der Waals surface area contributed by atoms with Gasteiger partial charge in [0.05, 0.1) is 17.6 Å². The van der Waals surface area contributed by atoms with Crippen LogP contribution in [0.2, 0.25) is 0 Å². The van der Waals surface area contributed by atoms with Gasteiger partial charge in [-0.2, -0.15) is 0 Å². The van der Waals surface area contributed by atoms with Crippen LogP contribution in [-0.2, 0) is 9.47 Å². The van der Waals surface area contributed by atoms with Gasteiger partial charge in [-0.3, -0.25) is 10.1 Å². The Morgan fingerprint density at radius 1 is 1.42 bits per heavy atom. The van der Waals surface area contributed by atoms with Crippen LogP contribution in [0.1, 0.15) is 6.42 Å². The first kappa shape index (κ1) is 12.3. The highest BCUT2D eigenvalue weighted by molar-refractivity contribution is 5.46. The third-order valence-corrected chi connectivity index (χ3v) is 3.32. The topological polar surface area (TPSA) is 70.8 Å². The summed E-state index contributed by atoms with van der Waals surface area (Å²) < 4.78 is 29.7. The van der Waals surface area contributed by atoms with Crippen LogP contribution >= 0.6 is 0 Å². The van der Waals surface area contributed by atoms with Crippen LogP contribution in [0.15, 0.2) is 18.2 Å². The minimum atomic E-state index is -0.600. The van der Waals surface area contributed by atoms with Gasteiger partial charge in [0.15, 0.2) is 11.9 Å². The molecule has 2 saturated heterocycles. The van der Waals surface area contributed by atoms with E-state index in [2.05, 4.69) is 0 Å². The zero-order valence-electron chi connectivity index (χ0n) is 9.95. The Morgan fingerprint density at radius 3 is 3.05 bits per heavy atom. The van der Waals surface area contributed by atoms with Crippen molar-refractivity contribution < 1.29 is 23.5 Å². The molecule has 0 bridgehead atoms. The maximum Gasteiger partial charge on any atom is 0.311 e. The summed E-state index contributed by atoms with van der Waals surface area (Å²) in [6.45, 7) is 0.878. The lowest BCUT2D eigenvalue weighted by atomic mass is 10.1. The fourth-order valence-corrected chi connectivity index (χ4v) is 2.43. The number of halogens is 1. The van der Waals surface area contributed by atoms with E-state index in [1.54, 1.807) is 0 Å². The number of fused-ring (bicyclic) bond motifs is 1. The molecule has 1 aromatic rings. The third-order valence-electron chi connectivity index (χ3n) is 3.32. The number of hydrogen-bond acceptors (Lipinski definition) is 5. The molecular weight excluding hydrogens is 257 g/mol. The van der Waals surface area contributed by atoms with Crippen LogP contribution in [-0.4, -0.2) is 36.4 Å². The fourth-order valence-electron chi connectivity index (χ4n) is 2.43. The Balaban J connectivity index is 1.83. The van der Waals surface area contributed by atoms with Crippen molar-refractivity contribution in [2.24, 2.45) is 0 Å². The van der Waals surface area contributed by atoms with Gasteiger partial charge in [-0.15, -0.1) is 0 Å². The number of nitro benzene ring substituents is 1. The molecule has 1 unspecified atom stereocenters. The van der Waals surface area contributed by atoms with Gasteiger partial charge < -0.3 is 14.2 Å². The highest BCUT2D eigenvalue weighted by Gasteiger charge is 2.43. The zero-order valence-corrected chi connectivity index (χ0v) is 9.95. The summed E-state index contributed by atoms with van der Waals surface area (Å²) in [4.78, 5) is 10.3. The second-order valence-electron chi connectivity index (χ2n) is 4.52. The monoisotopic (exact) mass is 269 g/mol. The molecular formula is C12H12FNO5. The van der Waals surface area contributed by atoms with Crippen LogP contribution in [0, 0.1) is 15.9 Å². The van der Waals surface area contributed by atoms with Crippen LogP contribution in [0.4, 0.5) is 10.1 Å². The molecule has 19 heavy (non-hydrogen) atoms. The number of ether oxygens (including phenoxy) is 3. The molecule has 0 saturated carbocycles. The first-order valence-electron chi connectivity index (χ1n) is 5.99. The van der Waals surface area contributed by atoms with Gasteiger partial charge in [-0.25, -0.2) is 4.39 Å². The number of hydrogen-bond donors (Lipinski definition) is 0. The van der Waals surface area contributed by atoms with E-state index in [1.165, 1.54) is 0 Å². The summed E-state index contributed by atoms with van der Waals surface area (Å²) in [6, 6.07) is 3.14. The molecule has 102 valence electrons. The first-order chi connectivity index (χ1) is 9.15. The number of nitro groups is 1. The highest BCUT2D eigenvalue weighted by Crippen LogP contribution is 2.33. The predicted molar refractivity (Wildman–Crippen MR) is 61.6 cm³/mol. The minimum Gasteiger partial charge on any atom is -0.478 e. The molecule has 3 rings (SSSR count). The summed E-state index contributed by atoms with van der Waals surface area (Å²) in [5.41, 5.74) is -0.261. The molecule has 2 heterocycles. The molecule has 0 aromatic heterocycles. The molecule has 0 radical (unpaired) electrons. The largest absolute Gasteiger partial charge is 0.478 e. The van der Waals surface area contributed by atoms with Crippen molar-refractivity contribution >= 4 is 5.69 Å². The Hall–Kier alpha value is -1.73. The molecule has 6 nitrogen and oxygen atoms in total. The van der Waals surface area contributed by atoms with E-state index in [0.29, 0.717) is 13.2 Å². The summed E-state index contributed by atoms with van der Waals surface area (Å²) in [5, 5.41) is 10.9. The number of benzene rings is 1. The average molecular weight is 269 g/mol. The van der Waals surface area contributed by atoms with E-state index >= 15 is 0 Å². The SMILES string of the molecule is O=[N+]([O-])c1ccc(F)cc1O[C@@H]1CO[C@@H]2CCOC21. The van der Waals surface area contributed by atoms with Crippen molar-refractivity contribution in [1.82, 2.24) is 0 Å². The van der Waals surface area contributed by atoms with Gasteiger partial charge >= 0.3 is 5.69 Å². The van der Waals surface area contributed by atoms with Gasteiger partial charge in [0.1, 0.15) is 11.9 Å². The zero-order chi connectivity index (χ0) is 13.4. The van der Waals surface area contributed by atoms with E-state index in [-0.39, 0.29) is 23.6 Å². The maximum absolute atomic E-state index is 13.2. The van der Waals surface area contributed by atoms with E-state index in [9.17, 15) is 14.5 Å². The molecule has 0 spiro atoms. The molecule has 7 heteroatoms. The summed E-state index contributed by atoms with van der Waals surface area (Å²) in [6.07, 6.45) is 0.0870. The highest BCUT2D eigenvalue weighted by atomic mass is 19.1. The van der Waals surface area contributed by atoms with Gasteiger partial charge in [0.25, 0.3) is 0 Å². The van der Waals surface area contributed by atoms with Gasteiger partial charge in [-0.1, -0.05) is 0 Å². The molecule has 0 N–H and O–H groups in total. The van der Waals surface area contributed by atoms with Crippen LogP contribution < -0.4 is 4.74 Å². The summed E-state index contributed by atoms with van der Waals surface area (Å²) >= 11 is 0. The van der Waals surface area contributed by atoms with Crippen molar-refractivity contribution in [3.05, 3.63) is 34.1 Å². The van der Waals surface area contributed by atoms with Crippen molar-refractivity contribution in [3.63, 3.8) is 0 Å². The predicted octanol–water partition coefficient (Wildman–Crippen LogP) is 1.67. The molecule has 0 aliphatic carbocycles. The normalized spacial score (nSPS) is 29.2. The molecule has 2 fully saturated rings. The number of rotatable bonds is 3. The minimum absolute atomic E-state index is 0.0300. The third kappa shape index (κ3) is 2.26. The maximum atomic E-state index is 13.2. The van der Waals surface area contributed by atoms with Crippen molar-refractivity contribution in [3.8, 4) is 5.75 Å². The molecule has 3 atom stereocenters. The Labute approximate surface area is 108 Å². The molecule has 2 aliphatic rings. The van der Waals surface area contributed by atoms with Crippen LogP contribution in [0.3, 0.4) is 0 Å². The van der Waals surface area contributed by atoms with Crippen molar-refractivity contribution in [2.75, 3.05) is 13.2 Å². The summed E-state index contributed by atoms with van der Waals surface area (Å²) in [5.74, 6) is -0.668. The molecule has 0 amide bonds. The first-order valence-corrected chi connectivity index (χ1v) is 5.99. The Kier molecular flexibility index (Phi) is 3.08. The fraction of sp³-hybridized carbons (Fsp3) is 0.500. The number of nitrogens with zero attached hydrogens (tertiary/aromatic N) is 1. The Bertz CT molecular complexity index is 509. The van der Waals surface area contributed by atoms with E-state index in [0.717, 1.165) is 24.6 Å². The Morgan fingerprint density at radius 2 is 2.26 bits per heavy atom. The van der Waals surface area contributed by atoms with E-state index < -0.39 is 16.8 Å². The van der Waals surface area contributed by atoms with Gasteiger partial charge in [0.2, 0.25) is 0 Å². The smallest absolute Gasteiger partial charge is 0.311 e. The lowest BCUT2D eigenvalue weighted by Crippen LogP contribution is -2.32. The van der Waals surface area contributed by atoms with Crippen LogP contribution in [0.25, 0.3) is 0 Å². The molecule has 1 aromatic carbocycles. The molecule has 2 aliphatic heterocycles. The quantitative estimate of drug-likeness (QED) is 0.616. The lowest BCUT2D eigenvalue weighted by molar-refractivity contribution is -0.386. The second-order valence-corrected chi connectivity index (χ2v) is 4.52. The van der Waals surface area contributed by atoms with Crippen molar-refractivity contribution in [2.45, 2.75) is 24.7 Å². The average Bonchev–Trinajstić information content (AvgIpc) is 2.94. The van der Waals surface area contributed by atoms with Gasteiger partial charge in [0, 0.05) is 18.7 Å².